The normalized spacial score (nSPS) is 10.4. The molecular formula is C47H41Cl5N8O10. The lowest BCUT2D eigenvalue weighted by Gasteiger charge is -2.15. The summed E-state index contributed by atoms with van der Waals surface area (Å²) in [5, 5.41) is 27.9. The third kappa shape index (κ3) is 11.6. The SMILES string of the molecule is C.COc1cc(OC)c(Cl)c(-c2ccc3nc(Cl)ncc3c2)c1Cl.COc1cc(OC)c(Cl)c(-c2ccc3nc(Nc4c(OC)cccc4[N+](=O)[O-])ncc3c2)c1Cl.COc1cccc([N+](=O)[O-])c1N. The molecule has 2 heterocycles. The number of nitrogens with two attached hydrogens (primary N) is 1. The van der Waals surface area contributed by atoms with Gasteiger partial charge >= 0.3 is 0 Å². The first-order valence-corrected chi connectivity index (χ1v) is 21.5. The maximum absolute atomic E-state index is 11.4. The van der Waals surface area contributed by atoms with E-state index in [0.29, 0.717) is 82.2 Å². The summed E-state index contributed by atoms with van der Waals surface area (Å²) in [4.78, 5) is 37.7. The van der Waals surface area contributed by atoms with Crippen molar-refractivity contribution in [3.63, 3.8) is 0 Å². The molecule has 0 saturated carbocycles. The topological polar surface area (TPSA) is 231 Å². The molecule has 3 N–H and O–H groups in total. The number of nitro groups is 2. The highest BCUT2D eigenvalue weighted by molar-refractivity contribution is 6.42. The predicted octanol–water partition coefficient (Wildman–Crippen LogP) is 13.4. The molecule has 364 valence electrons. The Kier molecular flexibility index (Phi) is 18.2. The lowest BCUT2D eigenvalue weighted by molar-refractivity contribution is -0.384. The van der Waals surface area contributed by atoms with Crippen LogP contribution in [0.25, 0.3) is 44.1 Å². The smallest absolute Gasteiger partial charge is 0.296 e. The maximum Gasteiger partial charge on any atom is 0.296 e. The van der Waals surface area contributed by atoms with E-state index in [9.17, 15) is 20.2 Å². The number of benzene rings is 6. The number of methoxy groups -OCH3 is 6. The number of nitro benzene ring substituents is 2. The third-order valence-electron chi connectivity index (χ3n) is 9.97. The van der Waals surface area contributed by atoms with Crippen molar-refractivity contribution in [3.8, 4) is 56.8 Å². The van der Waals surface area contributed by atoms with Crippen LogP contribution in [-0.4, -0.2) is 72.4 Å². The molecule has 0 fully saturated rings. The highest BCUT2D eigenvalue weighted by atomic mass is 35.5. The van der Waals surface area contributed by atoms with E-state index in [1.54, 1.807) is 48.8 Å². The van der Waals surface area contributed by atoms with Crippen LogP contribution in [0.5, 0.6) is 34.5 Å². The van der Waals surface area contributed by atoms with Crippen LogP contribution in [0.4, 0.5) is 28.7 Å². The minimum Gasteiger partial charge on any atom is -0.495 e. The second-order valence-electron chi connectivity index (χ2n) is 13.8. The molecule has 8 rings (SSSR count). The van der Waals surface area contributed by atoms with Gasteiger partial charge in [0, 0.05) is 58.6 Å². The summed E-state index contributed by atoms with van der Waals surface area (Å²) >= 11 is 31.8. The first kappa shape index (κ1) is 53.6. The van der Waals surface area contributed by atoms with Crippen molar-refractivity contribution in [2.75, 3.05) is 53.7 Å². The Bertz CT molecular complexity index is 3190. The van der Waals surface area contributed by atoms with E-state index in [2.05, 4.69) is 25.3 Å². The van der Waals surface area contributed by atoms with Crippen LogP contribution in [0, 0.1) is 20.2 Å². The summed E-state index contributed by atoms with van der Waals surface area (Å²) in [6, 6.07) is 23.2. The van der Waals surface area contributed by atoms with Crippen molar-refractivity contribution in [1.29, 1.82) is 0 Å². The fraction of sp³-hybridized carbons (Fsp3) is 0.149. The van der Waals surface area contributed by atoms with Crippen molar-refractivity contribution in [2.24, 2.45) is 0 Å². The number of ether oxygens (including phenoxy) is 6. The molecule has 2 aromatic heterocycles. The van der Waals surface area contributed by atoms with E-state index < -0.39 is 9.85 Å². The van der Waals surface area contributed by atoms with E-state index in [-0.39, 0.29) is 41.4 Å². The van der Waals surface area contributed by atoms with E-state index in [1.165, 1.54) is 66.9 Å². The predicted molar refractivity (Wildman–Crippen MR) is 275 cm³/mol. The number of rotatable bonds is 12. The molecule has 18 nitrogen and oxygen atoms in total. The van der Waals surface area contributed by atoms with Gasteiger partial charge in [0.05, 0.1) is 83.6 Å². The van der Waals surface area contributed by atoms with Gasteiger partial charge < -0.3 is 39.5 Å². The van der Waals surface area contributed by atoms with Crippen LogP contribution in [0.1, 0.15) is 7.43 Å². The highest BCUT2D eigenvalue weighted by Gasteiger charge is 2.23. The van der Waals surface area contributed by atoms with Gasteiger partial charge in [-0.2, -0.15) is 0 Å². The maximum atomic E-state index is 11.4. The number of nitrogens with zero attached hydrogens (tertiary/aromatic N) is 6. The first-order chi connectivity index (χ1) is 33.1. The van der Waals surface area contributed by atoms with Gasteiger partial charge in [-0.25, -0.2) is 19.9 Å². The zero-order valence-corrected chi connectivity index (χ0v) is 40.8. The van der Waals surface area contributed by atoms with Crippen LogP contribution >= 0.6 is 58.0 Å². The van der Waals surface area contributed by atoms with Gasteiger partial charge in [-0.05, 0) is 59.1 Å². The average molecular weight is 1060 g/mol. The molecule has 6 aromatic carbocycles. The summed E-state index contributed by atoms with van der Waals surface area (Å²) in [6.07, 6.45) is 3.24. The fourth-order valence-corrected chi connectivity index (χ4v) is 8.22. The van der Waals surface area contributed by atoms with Crippen LogP contribution in [0.15, 0.2) is 97.3 Å². The number of nitrogen functional groups attached to an aromatic ring is 1. The highest BCUT2D eigenvalue weighted by Crippen LogP contribution is 2.48. The summed E-state index contributed by atoms with van der Waals surface area (Å²) < 4.78 is 31.3. The number of anilines is 3. The molecule has 0 amide bonds. The molecule has 70 heavy (non-hydrogen) atoms. The van der Waals surface area contributed by atoms with Crippen LogP contribution in [-0.2, 0) is 0 Å². The van der Waals surface area contributed by atoms with Crippen molar-refractivity contribution in [2.45, 2.75) is 7.43 Å². The molecule has 0 aliphatic carbocycles. The fourth-order valence-electron chi connectivity index (χ4n) is 6.64. The molecule has 0 aliphatic heterocycles. The van der Waals surface area contributed by atoms with E-state index in [4.69, 9.17) is 92.2 Å². The molecular weight excluding hydrogens is 1010 g/mol. The number of para-hydroxylation sites is 2. The van der Waals surface area contributed by atoms with E-state index in [0.717, 1.165) is 16.5 Å². The summed E-state index contributed by atoms with van der Waals surface area (Å²) in [6.45, 7) is 0. The van der Waals surface area contributed by atoms with Gasteiger partial charge in [-0.1, -0.05) is 78.1 Å². The van der Waals surface area contributed by atoms with Crippen LogP contribution in [0.3, 0.4) is 0 Å². The van der Waals surface area contributed by atoms with Crippen LogP contribution in [0.2, 0.25) is 25.4 Å². The lowest BCUT2D eigenvalue weighted by Crippen LogP contribution is -2.03. The monoisotopic (exact) mass is 1050 g/mol. The van der Waals surface area contributed by atoms with Crippen molar-refractivity contribution >= 4 is 109 Å². The van der Waals surface area contributed by atoms with Crippen molar-refractivity contribution < 1.29 is 38.3 Å². The Hall–Kier alpha value is -7.35. The Morgan fingerprint density at radius 3 is 1.39 bits per heavy atom. The average Bonchev–Trinajstić information content (AvgIpc) is 3.34. The lowest BCUT2D eigenvalue weighted by atomic mass is 10.0. The number of nitrogens with one attached hydrogen (secondary N) is 1. The Morgan fingerprint density at radius 1 is 0.529 bits per heavy atom. The number of hydrogen-bond donors (Lipinski definition) is 2. The van der Waals surface area contributed by atoms with E-state index >= 15 is 0 Å². The molecule has 0 aliphatic rings. The number of aromatic nitrogens is 4. The van der Waals surface area contributed by atoms with Crippen LogP contribution < -0.4 is 39.5 Å². The molecule has 8 aromatic rings. The van der Waals surface area contributed by atoms with Gasteiger partial charge in [0.2, 0.25) is 11.2 Å². The second kappa shape index (κ2) is 23.8. The first-order valence-electron chi connectivity index (χ1n) is 19.6. The van der Waals surface area contributed by atoms with Crippen molar-refractivity contribution in [3.05, 3.63) is 143 Å². The minimum absolute atomic E-state index is 0. The zero-order valence-electron chi connectivity index (χ0n) is 37.0. The van der Waals surface area contributed by atoms with Gasteiger partial charge in [-0.15, -0.1) is 0 Å². The zero-order chi connectivity index (χ0) is 50.1. The molecule has 0 radical (unpaired) electrons. The summed E-state index contributed by atoms with van der Waals surface area (Å²) in [7, 11) is 8.93. The summed E-state index contributed by atoms with van der Waals surface area (Å²) in [5.74, 6) is 2.60. The number of fused-ring (bicyclic) bond motifs is 2. The summed E-state index contributed by atoms with van der Waals surface area (Å²) in [5.41, 5.74) is 9.38. The standard InChI is InChI=1S/C23H18Cl2N4O5.C16H11Cl3N2O2.C7H8N2O3.CH4/c1-32-16-6-4-5-15(29(30)31)22(16)28-23-26-11-13-9-12(7-8-14(13)27-23)19-20(24)17(33-2)10-18(34-3)21(19)25;1-22-11-6-12(23-2)15(18)13(14(11)17)8-3-4-10-9(5-8)7-20-16(19)21-10;1-12-6-4-2-3-5(7(6)8)9(10)11;/h4-11H,1-3H3,(H,26,27,28);3-7H,1-2H3;2-4H,8H2,1H3;1H4. The molecule has 0 saturated heterocycles. The van der Waals surface area contributed by atoms with Gasteiger partial charge in [0.25, 0.3) is 11.4 Å². The largest absolute Gasteiger partial charge is 0.495 e. The number of hydrogen-bond acceptors (Lipinski definition) is 16. The quantitative estimate of drug-likeness (QED) is 0.0501. The van der Waals surface area contributed by atoms with Gasteiger partial charge in [0.15, 0.2) is 11.4 Å². The Labute approximate surface area is 425 Å². The Morgan fingerprint density at radius 2 is 0.943 bits per heavy atom. The van der Waals surface area contributed by atoms with Gasteiger partial charge in [-0.3, -0.25) is 20.2 Å². The number of halogens is 5. The second-order valence-corrected chi connectivity index (χ2v) is 15.7. The van der Waals surface area contributed by atoms with Crippen molar-refractivity contribution in [1.82, 2.24) is 19.9 Å². The molecule has 0 unspecified atom stereocenters. The molecule has 0 bridgehead atoms. The van der Waals surface area contributed by atoms with E-state index in [1.807, 2.05) is 24.3 Å². The molecule has 23 heteroatoms. The van der Waals surface area contributed by atoms with Gasteiger partial charge in [0.1, 0.15) is 34.5 Å². The minimum atomic E-state index is -0.544. The molecule has 0 spiro atoms. The third-order valence-corrected chi connectivity index (χ3v) is 11.7. The Balaban J connectivity index is 0.000000218. The molecule has 0 atom stereocenters.